The molecule has 0 fully saturated rings. The number of benzene rings is 1. The van der Waals surface area contributed by atoms with Crippen molar-refractivity contribution < 1.29 is 9.90 Å². The Morgan fingerprint density at radius 2 is 2.00 bits per heavy atom. The molecule has 0 saturated heterocycles. The average molecular weight is 313 g/mol. The highest BCUT2D eigenvalue weighted by atomic mass is 16.3. The van der Waals surface area contributed by atoms with Crippen molar-refractivity contribution in [2.45, 2.75) is 12.3 Å². The molecule has 5 heteroatoms. The Morgan fingerprint density at radius 1 is 1.26 bits per heavy atom. The van der Waals surface area contributed by atoms with E-state index < -0.39 is 0 Å². The fraction of sp³-hybridized carbons (Fsp3) is 0.333. The Hall–Kier alpha value is -2.40. The van der Waals surface area contributed by atoms with Crippen molar-refractivity contribution in [3.05, 3.63) is 59.8 Å². The molecule has 2 aromatic rings. The summed E-state index contributed by atoms with van der Waals surface area (Å²) in [7, 11) is 3.77. The number of amides is 1. The Labute approximate surface area is 137 Å². The number of anilines is 1. The van der Waals surface area contributed by atoms with Gasteiger partial charge >= 0.3 is 0 Å². The van der Waals surface area contributed by atoms with E-state index in [1.54, 1.807) is 18.3 Å². The van der Waals surface area contributed by atoms with Gasteiger partial charge in [-0.1, -0.05) is 30.3 Å². The highest BCUT2D eigenvalue weighted by molar-refractivity contribution is 5.94. The number of nitrogens with one attached hydrogen (secondary N) is 1. The fourth-order valence-electron chi connectivity index (χ4n) is 2.39. The minimum absolute atomic E-state index is 0.0927. The number of carbonyl (C=O) groups is 1. The predicted molar refractivity (Wildman–Crippen MR) is 91.8 cm³/mol. The molecule has 122 valence electrons. The first kappa shape index (κ1) is 17.0. The van der Waals surface area contributed by atoms with E-state index in [0.29, 0.717) is 18.5 Å². The van der Waals surface area contributed by atoms with Gasteiger partial charge in [0.05, 0.1) is 0 Å². The third kappa shape index (κ3) is 4.79. The van der Waals surface area contributed by atoms with E-state index in [-0.39, 0.29) is 18.4 Å². The second-order valence-electron chi connectivity index (χ2n) is 5.63. The van der Waals surface area contributed by atoms with Crippen LogP contribution in [0, 0.1) is 0 Å². The third-order valence-electron chi connectivity index (χ3n) is 3.72. The lowest BCUT2D eigenvalue weighted by molar-refractivity contribution is 0.0949. The van der Waals surface area contributed by atoms with E-state index in [1.165, 1.54) is 0 Å². The molecule has 0 aliphatic rings. The highest BCUT2D eigenvalue weighted by Crippen LogP contribution is 2.18. The zero-order valence-electron chi connectivity index (χ0n) is 13.6. The van der Waals surface area contributed by atoms with Crippen LogP contribution in [0.1, 0.15) is 28.3 Å². The summed E-state index contributed by atoms with van der Waals surface area (Å²) >= 11 is 0. The van der Waals surface area contributed by atoms with Crippen LogP contribution >= 0.6 is 0 Å². The van der Waals surface area contributed by atoms with Gasteiger partial charge in [0.2, 0.25) is 0 Å². The molecule has 5 nitrogen and oxygen atoms in total. The molecule has 1 atom stereocenters. The van der Waals surface area contributed by atoms with Crippen LogP contribution in [0.15, 0.2) is 48.7 Å². The van der Waals surface area contributed by atoms with Crippen LogP contribution in [0.25, 0.3) is 0 Å². The molecule has 23 heavy (non-hydrogen) atoms. The molecule has 1 aromatic heterocycles. The van der Waals surface area contributed by atoms with Crippen LogP contribution < -0.4 is 10.2 Å². The van der Waals surface area contributed by atoms with Gasteiger partial charge in [-0.3, -0.25) is 4.79 Å². The number of carbonyl (C=O) groups excluding carboxylic acids is 1. The number of aliphatic hydroxyl groups is 1. The molecule has 1 aromatic carbocycles. The summed E-state index contributed by atoms with van der Waals surface area (Å²) in [6, 6.07) is 13.4. The SMILES string of the molecule is CN(C)c1cc(C(=O)NCC(CCO)c2ccccc2)ccn1. The number of hydrogen-bond acceptors (Lipinski definition) is 4. The minimum Gasteiger partial charge on any atom is -0.396 e. The van der Waals surface area contributed by atoms with Crippen molar-refractivity contribution >= 4 is 11.7 Å². The Balaban J connectivity index is 2.03. The molecular formula is C18H23N3O2. The lowest BCUT2D eigenvalue weighted by Crippen LogP contribution is -2.29. The smallest absolute Gasteiger partial charge is 0.251 e. The van der Waals surface area contributed by atoms with E-state index in [9.17, 15) is 9.90 Å². The number of nitrogens with zero attached hydrogens (tertiary/aromatic N) is 2. The van der Waals surface area contributed by atoms with E-state index in [2.05, 4.69) is 10.3 Å². The lowest BCUT2D eigenvalue weighted by Gasteiger charge is -2.17. The van der Waals surface area contributed by atoms with E-state index >= 15 is 0 Å². The summed E-state index contributed by atoms with van der Waals surface area (Å²) < 4.78 is 0. The molecule has 0 aliphatic carbocycles. The summed E-state index contributed by atoms with van der Waals surface area (Å²) in [4.78, 5) is 18.4. The van der Waals surface area contributed by atoms with E-state index in [0.717, 1.165) is 11.4 Å². The molecule has 0 aliphatic heterocycles. The van der Waals surface area contributed by atoms with Gasteiger partial charge in [-0.15, -0.1) is 0 Å². The standard InChI is InChI=1S/C18H23N3O2/c1-21(2)17-12-15(8-10-19-17)18(23)20-13-16(9-11-22)14-6-4-3-5-7-14/h3-8,10,12,16,22H,9,11,13H2,1-2H3,(H,20,23). The first-order chi connectivity index (χ1) is 11.1. The Morgan fingerprint density at radius 3 is 2.65 bits per heavy atom. The zero-order chi connectivity index (χ0) is 16.7. The van der Waals surface area contributed by atoms with Crippen molar-refractivity contribution in [3.8, 4) is 0 Å². The summed E-state index contributed by atoms with van der Waals surface area (Å²) in [5.41, 5.74) is 1.70. The van der Waals surface area contributed by atoms with Crippen LogP contribution in [0.2, 0.25) is 0 Å². The molecule has 1 unspecified atom stereocenters. The Bertz CT molecular complexity index is 629. The molecule has 0 radical (unpaired) electrons. The molecule has 0 saturated carbocycles. The van der Waals surface area contributed by atoms with Gasteiger partial charge in [-0.2, -0.15) is 0 Å². The molecule has 0 bridgehead atoms. The van der Waals surface area contributed by atoms with E-state index in [1.807, 2.05) is 49.3 Å². The normalized spacial score (nSPS) is 11.8. The summed E-state index contributed by atoms with van der Waals surface area (Å²) in [6.45, 7) is 0.582. The van der Waals surface area contributed by atoms with Gasteiger partial charge in [0.15, 0.2) is 0 Å². The molecule has 0 spiro atoms. The quantitative estimate of drug-likeness (QED) is 0.821. The van der Waals surface area contributed by atoms with E-state index in [4.69, 9.17) is 0 Å². The van der Waals surface area contributed by atoms with Crippen LogP contribution in [-0.2, 0) is 0 Å². The minimum atomic E-state index is -0.130. The highest BCUT2D eigenvalue weighted by Gasteiger charge is 2.14. The van der Waals surface area contributed by atoms with Gasteiger partial charge in [-0.25, -0.2) is 4.98 Å². The Kier molecular flexibility index (Phi) is 6.11. The van der Waals surface area contributed by atoms with Gasteiger partial charge < -0.3 is 15.3 Å². The zero-order valence-corrected chi connectivity index (χ0v) is 13.6. The number of hydrogen-bond donors (Lipinski definition) is 2. The van der Waals surface area contributed by atoms with Gasteiger partial charge in [0.1, 0.15) is 5.82 Å². The maximum absolute atomic E-state index is 12.3. The van der Waals surface area contributed by atoms with Crippen molar-refractivity contribution in [2.24, 2.45) is 0 Å². The summed E-state index contributed by atoms with van der Waals surface area (Å²) in [5, 5.41) is 12.2. The monoisotopic (exact) mass is 313 g/mol. The number of rotatable bonds is 7. The van der Waals surface area contributed by atoms with Crippen molar-refractivity contribution in [3.63, 3.8) is 0 Å². The van der Waals surface area contributed by atoms with Gasteiger partial charge in [0.25, 0.3) is 5.91 Å². The maximum Gasteiger partial charge on any atom is 0.251 e. The molecule has 2 N–H and O–H groups in total. The average Bonchev–Trinajstić information content (AvgIpc) is 2.59. The molecule has 2 rings (SSSR count). The van der Waals surface area contributed by atoms with Crippen LogP contribution in [0.3, 0.4) is 0 Å². The first-order valence-electron chi connectivity index (χ1n) is 7.69. The third-order valence-corrected chi connectivity index (χ3v) is 3.72. The van der Waals surface area contributed by atoms with Crippen LogP contribution in [-0.4, -0.2) is 43.2 Å². The summed E-state index contributed by atoms with van der Waals surface area (Å²) in [6.07, 6.45) is 2.25. The first-order valence-corrected chi connectivity index (χ1v) is 7.69. The fourth-order valence-corrected chi connectivity index (χ4v) is 2.39. The number of pyridine rings is 1. The predicted octanol–water partition coefficient (Wildman–Crippen LogP) is 2.04. The molecule has 1 amide bonds. The second kappa shape index (κ2) is 8.29. The van der Waals surface area contributed by atoms with Crippen molar-refractivity contribution in [1.82, 2.24) is 10.3 Å². The van der Waals surface area contributed by atoms with Crippen molar-refractivity contribution in [2.75, 3.05) is 32.1 Å². The van der Waals surface area contributed by atoms with Gasteiger partial charge in [-0.05, 0) is 24.1 Å². The number of aliphatic hydroxyl groups excluding tert-OH is 1. The maximum atomic E-state index is 12.3. The van der Waals surface area contributed by atoms with Gasteiger partial charge in [0, 0.05) is 44.9 Å². The van der Waals surface area contributed by atoms with Crippen LogP contribution in [0.5, 0.6) is 0 Å². The lowest BCUT2D eigenvalue weighted by atomic mass is 9.96. The topological polar surface area (TPSA) is 65.5 Å². The molecular weight excluding hydrogens is 290 g/mol. The second-order valence-corrected chi connectivity index (χ2v) is 5.63. The van der Waals surface area contributed by atoms with Crippen molar-refractivity contribution in [1.29, 1.82) is 0 Å². The molecule has 1 heterocycles. The van der Waals surface area contributed by atoms with Crippen LogP contribution in [0.4, 0.5) is 5.82 Å². The largest absolute Gasteiger partial charge is 0.396 e. The number of aromatic nitrogens is 1. The summed E-state index contributed by atoms with van der Waals surface area (Å²) in [5.74, 6) is 0.710.